The van der Waals surface area contributed by atoms with Crippen LogP contribution in [0.5, 0.6) is 0 Å². The van der Waals surface area contributed by atoms with Gasteiger partial charge < -0.3 is 11.0 Å². The molecule has 0 fully saturated rings. The zero-order valence-electron chi connectivity index (χ0n) is 1.69. The van der Waals surface area contributed by atoms with Crippen molar-refractivity contribution in [3.05, 3.63) is 0 Å². The molecule has 0 aromatic rings. The summed E-state index contributed by atoms with van der Waals surface area (Å²) >= 11 is 0. The van der Waals surface area contributed by atoms with E-state index in [1.54, 1.807) is 0 Å². The van der Waals surface area contributed by atoms with Gasteiger partial charge >= 0.3 is 0 Å². The summed E-state index contributed by atoms with van der Waals surface area (Å²) in [7, 11) is 0. The summed E-state index contributed by atoms with van der Waals surface area (Å²) in [6.45, 7) is 0. The van der Waals surface area contributed by atoms with Crippen LogP contribution in [0.1, 0.15) is 0 Å². The third kappa shape index (κ3) is 14.3. The quantitative estimate of drug-likeness (QED) is 0.401. The van der Waals surface area contributed by atoms with Crippen LogP contribution in [-0.4, -0.2) is 0 Å². The summed E-state index contributed by atoms with van der Waals surface area (Å²) in [5.74, 6) is 0. The molecule has 31 valence electrons. The van der Waals surface area contributed by atoms with E-state index in [0.717, 1.165) is 0 Å². The van der Waals surface area contributed by atoms with Gasteiger partial charge in [-0.1, -0.05) is 0 Å². The second-order valence-electron chi connectivity index (χ2n) is 0. The maximum absolute atomic E-state index is 0. The molecule has 4 heteroatoms. The van der Waals surface area contributed by atoms with Crippen LogP contribution in [0.3, 0.4) is 0 Å². The zero-order valence-corrected chi connectivity index (χ0v) is 3.87. The summed E-state index contributed by atoms with van der Waals surface area (Å²) in [4.78, 5) is 0. The summed E-state index contributed by atoms with van der Waals surface area (Å²) < 4.78 is 0. The Morgan fingerprint density at radius 2 is 0.750 bits per heavy atom. The maximum atomic E-state index is 0. The van der Waals surface area contributed by atoms with Crippen molar-refractivity contribution in [1.82, 2.24) is 0 Å². The molecule has 0 N–H and O–H groups in total. The van der Waals surface area contributed by atoms with Gasteiger partial charge in [0.05, 0.1) is 0 Å². The van der Waals surface area contributed by atoms with E-state index < -0.39 is 0 Å². The van der Waals surface area contributed by atoms with E-state index in [0.29, 0.717) is 0 Å². The molecule has 0 amide bonds. The van der Waals surface area contributed by atoms with Crippen LogP contribution in [0.25, 0.3) is 0 Å². The Morgan fingerprint density at radius 1 is 0.750 bits per heavy atom. The molecule has 0 aliphatic carbocycles. The molecule has 0 rings (SSSR count). The van der Waals surface area contributed by atoms with Gasteiger partial charge in [0, 0.05) is 17.1 Å². The molecule has 4 heavy (non-hydrogen) atoms. The first-order valence-electron chi connectivity index (χ1n) is 0. The standard InChI is InChI=1S/Mn.2O.H2S/h;;;1H2/q;2*-2;. The second-order valence-corrected chi connectivity index (χ2v) is 0. The SMILES string of the molecule is S.[Mn].[O-2].[O-2]. The second kappa shape index (κ2) is 47.3. The fourth-order valence-corrected chi connectivity index (χ4v) is 0. The van der Waals surface area contributed by atoms with E-state index in [1.807, 2.05) is 0 Å². The Balaban J connectivity index is 0. The molecular formula is H2MnO2S-4. The Bertz CT molecular complexity index is 6.00. The van der Waals surface area contributed by atoms with Crippen LogP contribution in [0.2, 0.25) is 0 Å². The predicted molar refractivity (Wildman–Crippen MR) is 11.8 cm³/mol. The molecule has 0 aromatic heterocycles. The van der Waals surface area contributed by atoms with E-state index in [2.05, 4.69) is 0 Å². The first kappa shape index (κ1) is 110. The molecule has 2 nitrogen and oxygen atoms in total. The van der Waals surface area contributed by atoms with E-state index >= 15 is 0 Å². The van der Waals surface area contributed by atoms with E-state index in [9.17, 15) is 0 Å². The molecular weight excluding hydrogens is 119 g/mol. The summed E-state index contributed by atoms with van der Waals surface area (Å²) in [6, 6.07) is 0. The van der Waals surface area contributed by atoms with Crippen LogP contribution >= 0.6 is 13.5 Å². The molecule has 0 atom stereocenters. The van der Waals surface area contributed by atoms with Crippen molar-refractivity contribution >= 4 is 13.5 Å². The maximum Gasteiger partial charge on any atom is 0 e. The molecule has 0 heterocycles. The normalized spacial score (nSPS) is 0. The van der Waals surface area contributed by atoms with Gasteiger partial charge in [0.25, 0.3) is 0 Å². The fourth-order valence-electron chi connectivity index (χ4n) is 0. The average molecular weight is 121 g/mol. The Labute approximate surface area is 42.1 Å². The van der Waals surface area contributed by atoms with Crippen LogP contribution in [0.4, 0.5) is 0 Å². The smallest absolute Gasteiger partial charge is 0 e. The third-order valence-corrected chi connectivity index (χ3v) is 0. The minimum atomic E-state index is 0. The Morgan fingerprint density at radius 3 is 0.750 bits per heavy atom. The summed E-state index contributed by atoms with van der Waals surface area (Å²) in [6.07, 6.45) is 0. The number of hydrogen-bond acceptors (Lipinski definition) is 0. The van der Waals surface area contributed by atoms with Crippen LogP contribution in [0.15, 0.2) is 0 Å². The van der Waals surface area contributed by atoms with E-state index in [4.69, 9.17) is 0 Å². The van der Waals surface area contributed by atoms with Crippen molar-refractivity contribution in [3.63, 3.8) is 0 Å². The summed E-state index contributed by atoms with van der Waals surface area (Å²) in [5.41, 5.74) is 0. The van der Waals surface area contributed by atoms with Crippen molar-refractivity contribution in [2.45, 2.75) is 0 Å². The van der Waals surface area contributed by atoms with E-state index in [-0.39, 0.29) is 41.5 Å². The van der Waals surface area contributed by atoms with Gasteiger partial charge in [0.1, 0.15) is 0 Å². The zero-order chi connectivity index (χ0) is 0. The molecule has 0 saturated carbocycles. The molecule has 0 unspecified atom stereocenters. The molecule has 0 aliphatic rings. The van der Waals surface area contributed by atoms with Gasteiger partial charge in [-0.2, -0.15) is 13.5 Å². The number of hydrogen-bond donors (Lipinski definition) is 0. The van der Waals surface area contributed by atoms with Crippen molar-refractivity contribution < 1.29 is 28.0 Å². The third-order valence-electron chi connectivity index (χ3n) is 0. The van der Waals surface area contributed by atoms with Gasteiger partial charge in [-0.3, -0.25) is 0 Å². The van der Waals surface area contributed by atoms with Gasteiger partial charge in [-0.25, -0.2) is 0 Å². The molecule has 0 saturated heterocycles. The minimum absolute atomic E-state index is 0. The van der Waals surface area contributed by atoms with Gasteiger partial charge in [-0.05, 0) is 0 Å². The number of rotatable bonds is 0. The van der Waals surface area contributed by atoms with Crippen LogP contribution in [-0.2, 0) is 28.0 Å². The molecule has 0 bridgehead atoms. The Kier molecular flexibility index (Phi) is 1310. The van der Waals surface area contributed by atoms with Crippen LogP contribution in [0, 0.1) is 0 Å². The van der Waals surface area contributed by atoms with Gasteiger partial charge in [0.15, 0.2) is 0 Å². The monoisotopic (exact) mass is 121 g/mol. The van der Waals surface area contributed by atoms with Crippen molar-refractivity contribution in [1.29, 1.82) is 0 Å². The first-order chi connectivity index (χ1) is 0. The summed E-state index contributed by atoms with van der Waals surface area (Å²) in [5, 5.41) is 0. The van der Waals surface area contributed by atoms with Gasteiger partial charge in [0.2, 0.25) is 0 Å². The van der Waals surface area contributed by atoms with Crippen molar-refractivity contribution in [2.24, 2.45) is 0 Å². The largest absolute Gasteiger partial charge is 2.00 e. The minimum Gasteiger partial charge on any atom is -2.00 e. The first-order valence-corrected chi connectivity index (χ1v) is 0. The van der Waals surface area contributed by atoms with Crippen molar-refractivity contribution in [3.8, 4) is 0 Å². The average Bonchev–Trinajstić information content (AvgIpc) is 0. The van der Waals surface area contributed by atoms with Gasteiger partial charge in [-0.15, -0.1) is 0 Å². The predicted octanol–water partition coefficient (Wildman–Crippen LogP) is -0.127. The topological polar surface area (TPSA) is 57.0 Å². The Hall–Kier alpha value is 0.789. The molecule has 0 aliphatic heterocycles. The van der Waals surface area contributed by atoms with E-state index in [1.165, 1.54) is 0 Å². The molecule has 1 radical (unpaired) electrons. The van der Waals surface area contributed by atoms with Crippen molar-refractivity contribution in [2.75, 3.05) is 0 Å². The fraction of sp³-hybridized carbons (Fsp3) is 0. The molecule has 0 aromatic carbocycles. The molecule has 0 spiro atoms. The van der Waals surface area contributed by atoms with Crippen LogP contribution < -0.4 is 0 Å².